The third-order valence-corrected chi connectivity index (χ3v) is 2.75. The Kier molecular flexibility index (Phi) is 2.71. The van der Waals surface area contributed by atoms with Gasteiger partial charge in [0.2, 0.25) is 0 Å². The van der Waals surface area contributed by atoms with Crippen molar-refractivity contribution in [3.8, 4) is 0 Å². The number of nitrogens with one attached hydrogen (secondary N) is 2. The summed E-state index contributed by atoms with van der Waals surface area (Å²) in [5, 5.41) is 9.48. The van der Waals surface area contributed by atoms with Crippen molar-refractivity contribution in [1.82, 2.24) is 24.6 Å². The van der Waals surface area contributed by atoms with Gasteiger partial charge in [-0.25, -0.2) is 19.3 Å². The molecule has 0 aromatic carbocycles. The molecule has 2 N–H and O–H groups in total. The zero-order chi connectivity index (χ0) is 13.2. The second kappa shape index (κ2) is 4.52. The van der Waals surface area contributed by atoms with E-state index in [2.05, 4.69) is 25.5 Å². The number of hydrogen-bond acceptors (Lipinski definition) is 5. The first-order valence-corrected chi connectivity index (χ1v) is 5.82. The van der Waals surface area contributed by atoms with Gasteiger partial charge in [-0.1, -0.05) is 6.07 Å². The number of hydrogen-bond donors (Lipinski definition) is 2. The summed E-state index contributed by atoms with van der Waals surface area (Å²) < 4.78 is 1.42. The summed E-state index contributed by atoms with van der Waals surface area (Å²) >= 11 is 0. The smallest absolute Gasteiger partial charge is 0.349 e. The molecular weight excluding hydrogens is 244 g/mol. The van der Waals surface area contributed by atoms with Crippen molar-refractivity contribution in [1.29, 1.82) is 0 Å². The molecule has 0 fully saturated rings. The Hall–Kier alpha value is -2.70. The van der Waals surface area contributed by atoms with E-state index in [-0.39, 0.29) is 5.69 Å². The molecule has 3 aromatic rings. The van der Waals surface area contributed by atoms with E-state index in [1.807, 2.05) is 18.2 Å². The number of H-pyrrole nitrogens is 1. The molecule has 0 amide bonds. The van der Waals surface area contributed by atoms with Crippen LogP contribution in [0.3, 0.4) is 0 Å². The van der Waals surface area contributed by atoms with Gasteiger partial charge in [-0.05, 0) is 19.1 Å². The molecular formula is C12H12N6O. The van der Waals surface area contributed by atoms with E-state index in [1.54, 1.807) is 19.2 Å². The van der Waals surface area contributed by atoms with Crippen molar-refractivity contribution in [3.05, 3.63) is 52.5 Å². The predicted molar refractivity (Wildman–Crippen MR) is 69.9 cm³/mol. The van der Waals surface area contributed by atoms with Gasteiger partial charge in [0.05, 0.1) is 12.2 Å². The van der Waals surface area contributed by atoms with Crippen molar-refractivity contribution in [2.24, 2.45) is 0 Å². The number of rotatable bonds is 3. The van der Waals surface area contributed by atoms with Gasteiger partial charge in [0.1, 0.15) is 11.6 Å². The molecule has 96 valence electrons. The Balaban J connectivity index is 1.88. The first-order valence-electron chi connectivity index (χ1n) is 5.82. The fourth-order valence-electron chi connectivity index (χ4n) is 1.87. The van der Waals surface area contributed by atoms with Gasteiger partial charge in [-0.3, -0.25) is 4.98 Å². The van der Waals surface area contributed by atoms with Crippen molar-refractivity contribution in [2.75, 3.05) is 5.32 Å². The molecule has 0 bridgehead atoms. The summed E-state index contributed by atoms with van der Waals surface area (Å²) in [5.74, 6) is 1.24. The molecule has 0 spiro atoms. The highest BCUT2D eigenvalue weighted by Gasteiger charge is 2.06. The Morgan fingerprint density at radius 3 is 3.11 bits per heavy atom. The minimum atomic E-state index is -0.281. The van der Waals surface area contributed by atoms with E-state index < -0.39 is 0 Å². The molecule has 0 saturated heterocycles. The molecule has 0 aliphatic carbocycles. The third kappa shape index (κ3) is 2.17. The van der Waals surface area contributed by atoms with Gasteiger partial charge in [0.15, 0.2) is 5.65 Å². The Morgan fingerprint density at radius 2 is 2.32 bits per heavy atom. The van der Waals surface area contributed by atoms with Crippen LogP contribution in [0.4, 0.5) is 5.82 Å². The quantitative estimate of drug-likeness (QED) is 0.721. The van der Waals surface area contributed by atoms with Crippen molar-refractivity contribution in [3.63, 3.8) is 0 Å². The van der Waals surface area contributed by atoms with Crippen LogP contribution in [0.5, 0.6) is 0 Å². The highest BCUT2D eigenvalue weighted by atomic mass is 16.1. The number of pyridine rings is 1. The second-order valence-corrected chi connectivity index (χ2v) is 4.09. The van der Waals surface area contributed by atoms with Crippen LogP contribution < -0.4 is 11.0 Å². The summed E-state index contributed by atoms with van der Waals surface area (Å²) in [6.45, 7) is 2.33. The van der Waals surface area contributed by atoms with Crippen LogP contribution in [0.2, 0.25) is 0 Å². The Bertz CT molecular complexity index is 761. The Morgan fingerprint density at radius 1 is 1.42 bits per heavy atom. The number of aromatic amines is 1. The number of anilines is 1. The summed E-state index contributed by atoms with van der Waals surface area (Å²) in [5.41, 5.74) is 1.18. The van der Waals surface area contributed by atoms with E-state index in [4.69, 9.17) is 0 Å². The minimum Gasteiger partial charge on any atom is -0.364 e. The third-order valence-electron chi connectivity index (χ3n) is 2.75. The van der Waals surface area contributed by atoms with Gasteiger partial charge < -0.3 is 5.32 Å². The average molecular weight is 256 g/mol. The SMILES string of the molecule is Cc1nc(NCc2ccccn2)cc2n[nH]c(=O)n12. The number of fused-ring (bicyclic) bond motifs is 1. The molecule has 0 unspecified atom stereocenters. The maximum atomic E-state index is 11.5. The largest absolute Gasteiger partial charge is 0.364 e. The average Bonchev–Trinajstić information content (AvgIpc) is 2.80. The van der Waals surface area contributed by atoms with Crippen LogP contribution in [-0.4, -0.2) is 24.6 Å². The van der Waals surface area contributed by atoms with Crippen LogP contribution in [0.1, 0.15) is 11.5 Å². The summed E-state index contributed by atoms with van der Waals surface area (Å²) in [6, 6.07) is 7.44. The highest BCUT2D eigenvalue weighted by molar-refractivity contribution is 5.49. The monoisotopic (exact) mass is 256 g/mol. The topological polar surface area (TPSA) is 88.0 Å². The number of aryl methyl sites for hydroxylation is 1. The molecule has 0 atom stereocenters. The molecule has 0 saturated carbocycles. The van der Waals surface area contributed by atoms with Gasteiger partial charge in [-0.15, -0.1) is 0 Å². The van der Waals surface area contributed by atoms with E-state index in [1.165, 1.54) is 4.40 Å². The lowest BCUT2D eigenvalue weighted by molar-refractivity contribution is 0.927. The first kappa shape index (κ1) is 11.4. The number of aromatic nitrogens is 5. The Labute approximate surface area is 108 Å². The highest BCUT2D eigenvalue weighted by Crippen LogP contribution is 2.08. The molecule has 19 heavy (non-hydrogen) atoms. The van der Waals surface area contributed by atoms with Crippen LogP contribution >= 0.6 is 0 Å². The lowest BCUT2D eigenvalue weighted by atomic mass is 10.3. The molecule has 7 nitrogen and oxygen atoms in total. The second-order valence-electron chi connectivity index (χ2n) is 4.09. The van der Waals surface area contributed by atoms with Crippen molar-refractivity contribution < 1.29 is 0 Å². The summed E-state index contributed by atoms with van der Waals surface area (Å²) in [6.07, 6.45) is 1.74. The van der Waals surface area contributed by atoms with Gasteiger partial charge in [0, 0.05) is 12.3 Å². The molecule has 0 radical (unpaired) electrons. The van der Waals surface area contributed by atoms with E-state index in [0.717, 1.165) is 5.69 Å². The lowest BCUT2D eigenvalue weighted by Crippen LogP contribution is -2.14. The fourth-order valence-corrected chi connectivity index (χ4v) is 1.87. The molecule has 3 aromatic heterocycles. The standard InChI is InChI=1S/C12H12N6O/c1-8-15-10(6-11-16-17-12(19)18(8)11)14-7-9-4-2-3-5-13-9/h2-6,14H,7H2,1H3,(H,17,19). The predicted octanol–water partition coefficient (Wildman–Crippen LogP) is 0.733. The van der Waals surface area contributed by atoms with Crippen molar-refractivity contribution in [2.45, 2.75) is 13.5 Å². The molecule has 0 aliphatic heterocycles. The van der Waals surface area contributed by atoms with Gasteiger partial charge >= 0.3 is 5.69 Å². The van der Waals surface area contributed by atoms with Crippen LogP contribution in [0, 0.1) is 6.92 Å². The minimum absolute atomic E-state index is 0.281. The summed E-state index contributed by atoms with van der Waals surface area (Å²) in [7, 11) is 0. The lowest BCUT2D eigenvalue weighted by Gasteiger charge is -2.06. The maximum absolute atomic E-state index is 11.5. The number of nitrogens with zero attached hydrogens (tertiary/aromatic N) is 4. The normalized spacial score (nSPS) is 10.8. The van der Waals surface area contributed by atoms with E-state index in [9.17, 15) is 4.79 Å². The maximum Gasteiger partial charge on any atom is 0.349 e. The fraction of sp³-hybridized carbons (Fsp3) is 0.167. The molecule has 7 heteroatoms. The molecule has 0 aliphatic rings. The van der Waals surface area contributed by atoms with Gasteiger partial charge in [-0.2, -0.15) is 5.10 Å². The van der Waals surface area contributed by atoms with Crippen molar-refractivity contribution >= 4 is 11.5 Å². The zero-order valence-corrected chi connectivity index (χ0v) is 10.3. The van der Waals surface area contributed by atoms with Crippen LogP contribution in [-0.2, 0) is 6.54 Å². The zero-order valence-electron chi connectivity index (χ0n) is 10.3. The van der Waals surface area contributed by atoms with Crippen LogP contribution in [0.25, 0.3) is 5.65 Å². The van der Waals surface area contributed by atoms with E-state index >= 15 is 0 Å². The van der Waals surface area contributed by atoms with E-state index in [0.29, 0.717) is 23.8 Å². The summed E-state index contributed by atoms with van der Waals surface area (Å²) in [4.78, 5) is 20.0. The molecule has 3 heterocycles. The molecule has 3 rings (SSSR count). The van der Waals surface area contributed by atoms with Gasteiger partial charge in [0.25, 0.3) is 0 Å². The van der Waals surface area contributed by atoms with Crippen LogP contribution in [0.15, 0.2) is 35.3 Å². The first-order chi connectivity index (χ1) is 9.24.